The second-order valence-corrected chi connectivity index (χ2v) is 5.04. The van der Waals surface area contributed by atoms with Gasteiger partial charge < -0.3 is 15.0 Å². The van der Waals surface area contributed by atoms with Crippen LogP contribution in [0.1, 0.15) is 19.5 Å². The molecule has 1 unspecified atom stereocenters. The van der Waals surface area contributed by atoms with Crippen molar-refractivity contribution in [2.24, 2.45) is 10.2 Å². The van der Waals surface area contributed by atoms with Crippen molar-refractivity contribution in [3.8, 4) is 0 Å². The normalized spacial score (nSPS) is 12.4. The summed E-state index contributed by atoms with van der Waals surface area (Å²) in [4.78, 5) is 20.2. The van der Waals surface area contributed by atoms with Crippen molar-refractivity contribution in [2.75, 3.05) is 18.0 Å². The number of H-pyrrole nitrogens is 1. The summed E-state index contributed by atoms with van der Waals surface area (Å²) in [5.41, 5.74) is 2.46. The molecule has 122 valence electrons. The van der Waals surface area contributed by atoms with Crippen LogP contribution in [0.5, 0.6) is 0 Å². The summed E-state index contributed by atoms with van der Waals surface area (Å²) in [5.74, 6) is -1.01. The number of hydrogen-bond donors (Lipinski definition) is 2. The monoisotopic (exact) mass is 315 g/mol. The number of aromatic nitrogens is 2. The molecule has 1 heterocycles. The molecule has 7 nitrogen and oxygen atoms in total. The molecule has 0 aliphatic heterocycles. The van der Waals surface area contributed by atoms with Crippen molar-refractivity contribution >= 4 is 17.3 Å². The Morgan fingerprint density at radius 3 is 2.52 bits per heavy atom. The number of carbonyl (C=O) groups is 1. The summed E-state index contributed by atoms with van der Waals surface area (Å²) in [5, 5.41) is 17.2. The zero-order valence-electron chi connectivity index (χ0n) is 13.3. The summed E-state index contributed by atoms with van der Waals surface area (Å²) in [6.45, 7) is 6.07. The van der Waals surface area contributed by atoms with Crippen molar-refractivity contribution in [3.63, 3.8) is 0 Å². The SMILES string of the molecule is CCN(CC)c1ccc(N=NC(Cc2cnc[nH]2)C(=O)O)cc1. The van der Waals surface area contributed by atoms with Crippen LogP contribution in [0.3, 0.4) is 0 Å². The van der Waals surface area contributed by atoms with Gasteiger partial charge in [0.15, 0.2) is 6.04 Å². The Labute approximate surface area is 135 Å². The highest BCUT2D eigenvalue weighted by atomic mass is 16.4. The van der Waals surface area contributed by atoms with E-state index in [0.29, 0.717) is 11.4 Å². The number of carboxylic acids is 1. The highest BCUT2D eigenvalue weighted by Crippen LogP contribution is 2.20. The lowest BCUT2D eigenvalue weighted by Gasteiger charge is -2.20. The van der Waals surface area contributed by atoms with Gasteiger partial charge in [0.2, 0.25) is 0 Å². The fourth-order valence-electron chi connectivity index (χ4n) is 2.24. The third kappa shape index (κ3) is 4.64. The Morgan fingerprint density at radius 2 is 2.00 bits per heavy atom. The van der Waals surface area contributed by atoms with Crippen molar-refractivity contribution in [2.45, 2.75) is 26.3 Å². The van der Waals surface area contributed by atoms with Crippen molar-refractivity contribution in [3.05, 3.63) is 42.5 Å². The molecule has 0 spiro atoms. The zero-order valence-corrected chi connectivity index (χ0v) is 13.3. The third-order valence-corrected chi connectivity index (χ3v) is 3.54. The van der Waals surface area contributed by atoms with Crippen LogP contribution in [0.2, 0.25) is 0 Å². The number of aliphatic carboxylic acids is 1. The lowest BCUT2D eigenvalue weighted by atomic mass is 10.2. The molecule has 0 bridgehead atoms. The molecule has 0 saturated heterocycles. The number of hydrogen-bond acceptors (Lipinski definition) is 5. The molecule has 7 heteroatoms. The Kier molecular flexibility index (Phi) is 5.85. The molecular weight excluding hydrogens is 294 g/mol. The van der Waals surface area contributed by atoms with E-state index in [1.807, 2.05) is 24.3 Å². The van der Waals surface area contributed by atoms with E-state index in [9.17, 15) is 9.90 Å². The predicted octanol–water partition coefficient (Wildman–Crippen LogP) is 3.04. The Bertz CT molecular complexity index is 633. The molecule has 0 amide bonds. The van der Waals surface area contributed by atoms with E-state index in [2.05, 4.69) is 38.9 Å². The standard InChI is InChI=1S/C16H21N5O2/c1-3-21(4-2)14-7-5-12(6-8-14)19-20-15(16(22)23)9-13-10-17-11-18-13/h5-8,10-11,15H,3-4,9H2,1-2H3,(H,17,18)(H,22,23). The fourth-order valence-corrected chi connectivity index (χ4v) is 2.24. The van der Waals surface area contributed by atoms with Crippen LogP contribution in [0, 0.1) is 0 Å². The summed E-state index contributed by atoms with van der Waals surface area (Å²) < 4.78 is 0. The number of nitrogens with zero attached hydrogens (tertiary/aromatic N) is 4. The lowest BCUT2D eigenvalue weighted by molar-refractivity contribution is -0.138. The van der Waals surface area contributed by atoms with Crippen LogP contribution in [-0.2, 0) is 11.2 Å². The summed E-state index contributed by atoms with van der Waals surface area (Å²) >= 11 is 0. The van der Waals surface area contributed by atoms with Crippen LogP contribution < -0.4 is 4.90 Å². The first kappa shape index (κ1) is 16.7. The van der Waals surface area contributed by atoms with Crippen LogP contribution >= 0.6 is 0 Å². The van der Waals surface area contributed by atoms with Crippen molar-refractivity contribution in [1.29, 1.82) is 0 Å². The number of benzene rings is 1. The molecule has 0 aliphatic rings. The van der Waals surface area contributed by atoms with E-state index in [-0.39, 0.29) is 6.42 Å². The topological polar surface area (TPSA) is 93.9 Å². The van der Waals surface area contributed by atoms with Crippen LogP contribution in [0.25, 0.3) is 0 Å². The Morgan fingerprint density at radius 1 is 1.30 bits per heavy atom. The van der Waals surface area contributed by atoms with E-state index < -0.39 is 12.0 Å². The molecule has 2 aromatic rings. The van der Waals surface area contributed by atoms with Crippen LogP contribution in [0.15, 0.2) is 47.0 Å². The van der Waals surface area contributed by atoms with Crippen LogP contribution in [-0.4, -0.2) is 40.2 Å². The average molecular weight is 315 g/mol. The van der Waals surface area contributed by atoms with Gasteiger partial charge in [0.25, 0.3) is 0 Å². The smallest absolute Gasteiger partial charge is 0.330 e. The van der Waals surface area contributed by atoms with E-state index in [1.165, 1.54) is 6.33 Å². The van der Waals surface area contributed by atoms with E-state index >= 15 is 0 Å². The minimum absolute atomic E-state index is 0.233. The largest absolute Gasteiger partial charge is 0.480 e. The van der Waals surface area contributed by atoms with E-state index in [4.69, 9.17) is 0 Å². The first-order valence-corrected chi connectivity index (χ1v) is 7.60. The first-order valence-electron chi connectivity index (χ1n) is 7.60. The van der Waals surface area contributed by atoms with Gasteiger partial charge in [-0.05, 0) is 38.1 Å². The molecule has 1 atom stereocenters. The molecular formula is C16H21N5O2. The summed E-state index contributed by atoms with van der Waals surface area (Å²) in [6.07, 6.45) is 3.33. The molecule has 2 N–H and O–H groups in total. The molecule has 1 aromatic carbocycles. The minimum atomic E-state index is -1.01. The van der Waals surface area contributed by atoms with E-state index in [0.717, 1.165) is 18.8 Å². The number of imidazole rings is 1. The number of aromatic amines is 1. The summed E-state index contributed by atoms with van der Waals surface area (Å²) in [7, 11) is 0. The van der Waals surface area contributed by atoms with Crippen LogP contribution in [0.4, 0.5) is 11.4 Å². The maximum absolute atomic E-state index is 11.3. The molecule has 0 radical (unpaired) electrons. The Hall–Kier alpha value is -2.70. The number of azo groups is 1. The van der Waals surface area contributed by atoms with Crippen molar-refractivity contribution < 1.29 is 9.90 Å². The first-order chi connectivity index (χ1) is 11.1. The second-order valence-electron chi connectivity index (χ2n) is 5.04. The van der Waals surface area contributed by atoms with E-state index in [1.54, 1.807) is 6.20 Å². The highest BCUT2D eigenvalue weighted by Gasteiger charge is 2.18. The molecule has 0 fully saturated rings. The van der Waals surface area contributed by atoms with Gasteiger partial charge in [-0.3, -0.25) is 0 Å². The van der Waals surface area contributed by atoms with Gasteiger partial charge in [0, 0.05) is 37.1 Å². The van der Waals surface area contributed by atoms with Gasteiger partial charge in [-0.25, -0.2) is 9.78 Å². The number of anilines is 1. The van der Waals surface area contributed by atoms with Gasteiger partial charge >= 0.3 is 5.97 Å². The average Bonchev–Trinajstić information content (AvgIpc) is 3.06. The van der Waals surface area contributed by atoms with Gasteiger partial charge in [0.05, 0.1) is 12.0 Å². The summed E-state index contributed by atoms with van der Waals surface area (Å²) in [6, 6.07) is 6.68. The lowest BCUT2D eigenvalue weighted by Crippen LogP contribution is -2.21. The molecule has 23 heavy (non-hydrogen) atoms. The molecule has 2 rings (SSSR count). The third-order valence-electron chi connectivity index (χ3n) is 3.54. The second kappa shape index (κ2) is 8.07. The molecule has 0 aliphatic carbocycles. The maximum atomic E-state index is 11.3. The van der Waals surface area contributed by atoms with Gasteiger partial charge in [0.1, 0.15) is 0 Å². The minimum Gasteiger partial charge on any atom is -0.480 e. The maximum Gasteiger partial charge on any atom is 0.330 e. The molecule has 0 saturated carbocycles. The van der Waals surface area contributed by atoms with Gasteiger partial charge in [-0.1, -0.05) is 0 Å². The number of nitrogens with one attached hydrogen (secondary N) is 1. The number of rotatable bonds is 8. The fraction of sp³-hybridized carbons (Fsp3) is 0.375. The highest BCUT2D eigenvalue weighted by molar-refractivity contribution is 5.73. The Balaban J connectivity index is 2.06. The van der Waals surface area contributed by atoms with Crippen molar-refractivity contribution in [1.82, 2.24) is 9.97 Å². The van der Waals surface area contributed by atoms with Gasteiger partial charge in [-0.15, -0.1) is 0 Å². The number of carboxylic acid groups (broad SMARTS) is 1. The molecule has 1 aromatic heterocycles. The quantitative estimate of drug-likeness (QED) is 0.732. The van der Waals surface area contributed by atoms with Gasteiger partial charge in [-0.2, -0.15) is 10.2 Å². The zero-order chi connectivity index (χ0) is 16.7. The predicted molar refractivity (Wildman–Crippen MR) is 88.2 cm³/mol.